The van der Waals surface area contributed by atoms with Crippen molar-refractivity contribution in [1.82, 2.24) is 0 Å². The molecular weight excluding hydrogens is 251 g/mol. The third-order valence-electron chi connectivity index (χ3n) is 2.12. The van der Waals surface area contributed by atoms with E-state index in [-0.39, 0.29) is 47.2 Å². The Morgan fingerprint density at radius 1 is 1.53 bits per heavy atom. The topological polar surface area (TPSA) is 71.4 Å². The van der Waals surface area contributed by atoms with Crippen LogP contribution < -0.4 is 29.6 Å². The third kappa shape index (κ3) is 4.37. The Balaban J connectivity index is 0. The van der Waals surface area contributed by atoms with Crippen LogP contribution in [0.3, 0.4) is 0 Å². The van der Waals surface area contributed by atoms with Crippen molar-refractivity contribution in [2.45, 2.75) is 18.2 Å². The maximum absolute atomic E-state index is 11.1. The summed E-state index contributed by atoms with van der Waals surface area (Å²) in [5.74, 6) is -0.255. The van der Waals surface area contributed by atoms with E-state index >= 15 is 0 Å². The van der Waals surface area contributed by atoms with Crippen molar-refractivity contribution in [3.8, 4) is 0 Å². The summed E-state index contributed by atoms with van der Waals surface area (Å²) in [6, 6.07) is 4.20. The third-order valence-corrected chi connectivity index (χ3v) is 3.05. The first kappa shape index (κ1) is 16.5. The van der Waals surface area contributed by atoms with Crippen LogP contribution in [0.5, 0.6) is 0 Å². The Bertz CT molecular complexity index is 540. The standard InChI is InChI=1S/C11H12O4S.Na.H/c1-3-4-9-5-6-10(8(2)12)7-11(9)16(13,14)15;;/h3,5-7H,1,4H2,2H3,(H,13,14,15);;/q;+1;-1. The van der Waals surface area contributed by atoms with Gasteiger partial charge in [-0.1, -0.05) is 18.2 Å². The number of rotatable bonds is 4. The molecule has 1 aromatic rings. The fourth-order valence-corrected chi connectivity index (χ4v) is 2.10. The second kappa shape index (κ2) is 6.47. The molecule has 1 N–H and O–H groups in total. The normalized spacial score (nSPS) is 10.5. The van der Waals surface area contributed by atoms with Gasteiger partial charge in [-0.05, 0) is 25.0 Å². The van der Waals surface area contributed by atoms with Crippen LogP contribution in [0.2, 0.25) is 0 Å². The van der Waals surface area contributed by atoms with Crippen LogP contribution in [-0.4, -0.2) is 18.8 Å². The second-order valence-electron chi connectivity index (χ2n) is 3.35. The van der Waals surface area contributed by atoms with E-state index < -0.39 is 10.1 Å². The van der Waals surface area contributed by atoms with Crippen molar-refractivity contribution >= 4 is 15.9 Å². The summed E-state index contributed by atoms with van der Waals surface area (Å²) in [5.41, 5.74) is 0.669. The molecule has 0 saturated carbocycles. The Hall–Kier alpha value is -0.460. The van der Waals surface area contributed by atoms with Crippen LogP contribution in [0.15, 0.2) is 35.7 Å². The summed E-state index contributed by atoms with van der Waals surface area (Å²) < 4.78 is 31.3. The van der Waals surface area contributed by atoms with Crippen LogP contribution >= 0.6 is 0 Å². The largest absolute Gasteiger partial charge is 1.00 e. The van der Waals surface area contributed by atoms with Gasteiger partial charge >= 0.3 is 29.6 Å². The zero-order valence-electron chi connectivity index (χ0n) is 10.8. The van der Waals surface area contributed by atoms with E-state index in [2.05, 4.69) is 6.58 Å². The monoisotopic (exact) mass is 264 g/mol. The van der Waals surface area contributed by atoms with E-state index in [1.807, 2.05) is 0 Å². The summed E-state index contributed by atoms with van der Waals surface area (Å²) in [6.45, 7) is 4.82. The van der Waals surface area contributed by atoms with Gasteiger partial charge < -0.3 is 1.43 Å². The van der Waals surface area contributed by atoms with Gasteiger partial charge in [0.1, 0.15) is 0 Å². The van der Waals surface area contributed by atoms with Crippen molar-refractivity contribution in [2.75, 3.05) is 0 Å². The maximum Gasteiger partial charge on any atom is 1.00 e. The fourth-order valence-electron chi connectivity index (χ4n) is 1.34. The molecule has 0 unspecified atom stereocenters. The molecule has 0 fully saturated rings. The maximum atomic E-state index is 11.1. The fraction of sp³-hybridized carbons (Fsp3) is 0.182. The molecule has 0 spiro atoms. The van der Waals surface area contributed by atoms with Crippen LogP contribution in [0, 0.1) is 0 Å². The molecule has 1 aromatic carbocycles. The van der Waals surface area contributed by atoms with E-state index in [0.29, 0.717) is 12.0 Å². The van der Waals surface area contributed by atoms with Crippen LogP contribution in [0.4, 0.5) is 0 Å². The predicted octanol–water partition coefficient (Wildman–Crippen LogP) is -1.02. The quantitative estimate of drug-likeness (QED) is 0.327. The van der Waals surface area contributed by atoms with Crippen LogP contribution in [-0.2, 0) is 16.5 Å². The van der Waals surface area contributed by atoms with Crippen molar-refractivity contribution in [3.63, 3.8) is 0 Å². The molecular formula is C11H13NaO4S. The van der Waals surface area contributed by atoms with Crippen molar-refractivity contribution < 1.29 is 48.7 Å². The van der Waals surface area contributed by atoms with Gasteiger partial charge in [-0.2, -0.15) is 8.42 Å². The molecule has 1 rings (SSSR count). The van der Waals surface area contributed by atoms with Gasteiger partial charge in [0, 0.05) is 5.56 Å². The average Bonchev–Trinajstić information content (AvgIpc) is 2.16. The van der Waals surface area contributed by atoms with Gasteiger partial charge in [0.05, 0.1) is 4.90 Å². The number of Topliss-reactive ketones (excluding diaryl/α,β-unsaturated/α-hetero) is 1. The smallest absolute Gasteiger partial charge is 1.00 e. The summed E-state index contributed by atoms with van der Waals surface area (Å²) in [6.07, 6.45) is 1.84. The number of ketones is 1. The van der Waals surface area contributed by atoms with Gasteiger partial charge in [0.15, 0.2) is 5.78 Å². The van der Waals surface area contributed by atoms with Crippen molar-refractivity contribution in [1.29, 1.82) is 0 Å². The van der Waals surface area contributed by atoms with Gasteiger partial charge in [0.2, 0.25) is 0 Å². The Morgan fingerprint density at radius 2 is 2.12 bits per heavy atom. The zero-order valence-corrected chi connectivity index (χ0v) is 12.6. The molecule has 0 heterocycles. The molecule has 0 aromatic heterocycles. The molecule has 0 bridgehead atoms. The van der Waals surface area contributed by atoms with E-state index in [1.165, 1.54) is 31.2 Å². The van der Waals surface area contributed by atoms with Gasteiger partial charge in [-0.15, -0.1) is 6.58 Å². The molecule has 0 saturated heterocycles. The Morgan fingerprint density at radius 3 is 2.53 bits per heavy atom. The van der Waals surface area contributed by atoms with Gasteiger partial charge in [0.25, 0.3) is 10.1 Å². The minimum atomic E-state index is -4.31. The van der Waals surface area contributed by atoms with Gasteiger partial charge in [-0.25, -0.2) is 0 Å². The van der Waals surface area contributed by atoms with Gasteiger partial charge in [-0.3, -0.25) is 9.35 Å². The van der Waals surface area contributed by atoms with E-state index in [1.54, 1.807) is 0 Å². The molecule has 6 heteroatoms. The average molecular weight is 264 g/mol. The first-order valence-corrected chi connectivity index (χ1v) is 6.02. The first-order chi connectivity index (χ1) is 7.36. The molecule has 0 atom stereocenters. The summed E-state index contributed by atoms with van der Waals surface area (Å²) in [5, 5.41) is 0. The minimum Gasteiger partial charge on any atom is -1.00 e. The summed E-state index contributed by atoms with van der Waals surface area (Å²) >= 11 is 0. The Labute approximate surface area is 124 Å². The molecule has 17 heavy (non-hydrogen) atoms. The number of benzene rings is 1. The molecule has 0 aliphatic heterocycles. The predicted molar refractivity (Wildman–Crippen MR) is 61.3 cm³/mol. The molecule has 0 aliphatic carbocycles. The molecule has 0 aliphatic rings. The zero-order chi connectivity index (χ0) is 12.3. The SMILES string of the molecule is C=CCc1ccc(C(C)=O)cc1S(=O)(=O)O.[H-].[Na+]. The number of carbonyl (C=O) groups is 1. The number of allylic oxidation sites excluding steroid dienone is 1. The molecule has 4 nitrogen and oxygen atoms in total. The summed E-state index contributed by atoms with van der Waals surface area (Å²) in [7, 11) is -4.31. The number of hydrogen-bond donors (Lipinski definition) is 1. The van der Waals surface area contributed by atoms with E-state index in [4.69, 9.17) is 4.55 Å². The first-order valence-electron chi connectivity index (χ1n) is 4.58. The second-order valence-corrected chi connectivity index (χ2v) is 4.74. The molecule has 0 radical (unpaired) electrons. The summed E-state index contributed by atoms with van der Waals surface area (Å²) in [4.78, 5) is 10.9. The number of hydrogen-bond acceptors (Lipinski definition) is 3. The van der Waals surface area contributed by atoms with E-state index in [9.17, 15) is 13.2 Å². The van der Waals surface area contributed by atoms with E-state index in [0.717, 1.165) is 0 Å². The number of carbonyl (C=O) groups excluding carboxylic acids is 1. The Kier molecular flexibility index (Phi) is 6.29. The van der Waals surface area contributed by atoms with Crippen molar-refractivity contribution in [3.05, 3.63) is 42.0 Å². The molecule has 88 valence electrons. The van der Waals surface area contributed by atoms with Crippen molar-refractivity contribution in [2.24, 2.45) is 0 Å². The molecule has 0 amide bonds. The van der Waals surface area contributed by atoms with Crippen LogP contribution in [0.1, 0.15) is 24.3 Å². The van der Waals surface area contributed by atoms with Crippen LogP contribution in [0.25, 0.3) is 0 Å². The minimum absolute atomic E-state index is 0.